The van der Waals surface area contributed by atoms with Gasteiger partial charge in [0.2, 0.25) is 0 Å². The summed E-state index contributed by atoms with van der Waals surface area (Å²) in [7, 11) is 1.69. The second kappa shape index (κ2) is 6.70. The predicted molar refractivity (Wildman–Crippen MR) is 75.9 cm³/mol. The maximum Gasteiger partial charge on any atom is 0.106 e. The lowest BCUT2D eigenvalue weighted by Gasteiger charge is -2.36. The lowest BCUT2D eigenvalue weighted by molar-refractivity contribution is 0.180. The average Bonchev–Trinajstić information content (AvgIpc) is 2.49. The summed E-state index contributed by atoms with van der Waals surface area (Å²) in [6, 6.07) is 13.1. The highest BCUT2D eigenvalue weighted by Gasteiger charge is 2.35. The van der Waals surface area contributed by atoms with E-state index >= 15 is 0 Å². The van der Waals surface area contributed by atoms with Crippen LogP contribution in [0, 0.1) is 11.3 Å². The van der Waals surface area contributed by atoms with Gasteiger partial charge < -0.3 is 4.74 Å². The van der Waals surface area contributed by atoms with Crippen LogP contribution in [0.2, 0.25) is 0 Å². The molecule has 1 aromatic rings. The van der Waals surface area contributed by atoms with Crippen molar-refractivity contribution < 1.29 is 4.74 Å². The van der Waals surface area contributed by atoms with E-state index in [1.165, 1.54) is 5.56 Å². The quantitative estimate of drug-likeness (QED) is 0.826. The molecule has 1 N–H and O–H groups in total. The van der Waals surface area contributed by atoms with Crippen molar-refractivity contribution in [1.82, 2.24) is 5.32 Å². The third-order valence-electron chi connectivity index (χ3n) is 4.09. The van der Waals surface area contributed by atoms with Gasteiger partial charge in [-0.2, -0.15) is 5.26 Å². The van der Waals surface area contributed by atoms with E-state index in [9.17, 15) is 5.26 Å². The Hall–Kier alpha value is -1.37. The van der Waals surface area contributed by atoms with E-state index in [0.717, 1.165) is 32.2 Å². The van der Waals surface area contributed by atoms with E-state index < -0.39 is 0 Å². The molecular formula is C16H22N2O. The van der Waals surface area contributed by atoms with Gasteiger partial charge in [-0.25, -0.2) is 0 Å². The first-order chi connectivity index (χ1) is 9.29. The van der Waals surface area contributed by atoms with Gasteiger partial charge in [-0.1, -0.05) is 30.3 Å². The Kier molecular flexibility index (Phi) is 4.95. The first kappa shape index (κ1) is 14.0. The van der Waals surface area contributed by atoms with Gasteiger partial charge in [-0.3, -0.25) is 5.32 Å². The van der Waals surface area contributed by atoms with Gasteiger partial charge in [0.05, 0.1) is 12.7 Å². The molecule has 0 aliphatic heterocycles. The van der Waals surface area contributed by atoms with Crippen LogP contribution in [0.5, 0.6) is 0 Å². The molecule has 0 unspecified atom stereocenters. The summed E-state index contributed by atoms with van der Waals surface area (Å²) in [5.41, 5.74) is 1.06. The topological polar surface area (TPSA) is 45.0 Å². The van der Waals surface area contributed by atoms with Crippen LogP contribution < -0.4 is 5.32 Å². The van der Waals surface area contributed by atoms with Crippen molar-refractivity contribution in [3.63, 3.8) is 0 Å². The fraction of sp³-hybridized carbons (Fsp3) is 0.562. The molecule has 0 aromatic heterocycles. The number of hydrogen-bond acceptors (Lipinski definition) is 3. The molecule has 0 saturated heterocycles. The lowest BCUT2D eigenvalue weighted by Crippen LogP contribution is -2.47. The standard InChI is InChI=1S/C16H22N2O/c1-19-12-11-18-16(13-17)9-7-15(8-10-16)14-5-3-2-4-6-14/h2-6,15,18H,7-12H2,1H3. The number of nitrogens with zero attached hydrogens (tertiary/aromatic N) is 1. The largest absolute Gasteiger partial charge is 0.383 e. The van der Waals surface area contributed by atoms with Crippen LogP contribution >= 0.6 is 0 Å². The minimum absolute atomic E-state index is 0.343. The Labute approximate surface area is 115 Å². The van der Waals surface area contributed by atoms with E-state index in [1.54, 1.807) is 7.11 Å². The summed E-state index contributed by atoms with van der Waals surface area (Å²) in [6.07, 6.45) is 4.01. The summed E-state index contributed by atoms with van der Waals surface area (Å²) in [5.74, 6) is 0.604. The van der Waals surface area contributed by atoms with E-state index in [2.05, 4.69) is 41.7 Å². The molecule has 0 amide bonds. The van der Waals surface area contributed by atoms with E-state index in [0.29, 0.717) is 12.5 Å². The number of hydrogen-bond donors (Lipinski definition) is 1. The zero-order valence-electron chi connectivity index (χ0n) is 11.6. The van der Waals surface area contributed by atoms with Crippen LogP contribution in [0.15, 0.2) is 30.3 Å². The number of ether oxygens (including phenoxy) is 1. The molecule has 3 heteroatoms. The maximum absolute atomic E-state index is 9.44. The smallest absolute Gasteiger partial charge is 0.106 e. The van der Waals surface area contributed by atoms with E-state index in [4.69, 9.17) is 4.74 Å². The average molecular weight is 258 g/mol. The Morgan fingerprint density at radius 1 is 1.32 bits per heavy atom. The molecule has 0 spiro atoms. The molecule has 1 fully saturated rings. The molecule has 0 bridgehead atoms. The monoisotopic (exact) mass is 258 g/mol. The van der Waals surface area contributed by atoms with Crippen LogP contribution in [0.25, 0.3) is 0 Å². The number of methoxy groups -OCH3 is 1. The van der Waals surface area contributed by atoms with Crippen molar-refractivity contribution in [3.05, 3.63) is 35.9 Å². The Bertz CT molecular complexity index is 416. The molecule has 102 valence electrons. The van der Waals surface area contributed by atoms with Crippen LogP contribution in [-0.4, -0.2) is 25.8 Å². The molecule has 0 heterocycles. The van der Waals surface area contributed by atoms with Crippen LogP contribution in [0.1, 0.15) is 37.2 Å². The molecule has 1 aliphatic carbocycles. The third kappa shape index (κ3) is 3.56. The molecule has 2 rings (SSSR count). The highest BCUT2D eigenvalue weighted by Crippen LogP contribution is 2.37. The van der Waals surface area contributed by atoms with Crippen LogP contribution in [-0.2, 0) is 4.74 Å². The molecule has 0 atom stereocenters. The molecule has 3 nitrogen and oxygen atoms in total. The van der Waals surface area contributed by atoms with Crippen molar-refractivity contribution in [2.45, 2.75) is 37.1 Å². The minimum Gasteiger partial charge on any atom is -0.383 e. The summed E-state index contributed by atoms with van der Waals surface area (Å²) in [6.45, 7) is 1.41. The van der Waals surface area contributed by atoms with Gasteiger partial charge in [0.15, 0.2) is 0 Å². The van der Waals surface area contributed by atoms with Gasteiger partial charge in [-0.15, -0.1) is 0 Å². The highest BCUT2D eigenvalue weighted by atomic mass is 16.5. The SMILES string of the molecule is COCCNC1(C#N)CCC(c2ccccc2)CC1. The Balaban J connectivity index is 1.92. The molecular weight excluding hydrogens is 236 g/mol. The maximum atomic E-state index is 9.44. The molecule has 0 radical (unpaired) electrons. The molecule has 1 aliphatic rings. The summed E-state index contributed by atoms with van der Waals surface area (Å²) >= 11 is 0. The van der Waals surface area contributed by atoms with Crippen molar-refractivity contribution in [1.29, 1.82) is 5.26 Å². The van der Waals surface area contributed by atoms with Gasteiger partial charge >= 0.3 is 0 Å². The minimum atomic E-state index is -0.343. The van der Waals surface area contributed by atoms with Gasteiger partial charge in [0.1, 0.15) is 5.54 Å². The number of nitrogens with one attached hydrogen (secondary N) is 1. The summed E-state index contributed by atoms with van der Waals surface area (Å²) < 4.78 is 5.04. The number of benzene rings is 1. The normalized spacial score (nSPS) is 26.8. The number of rotatable bonds is 5. The zero-order valence-corrected chi connectivity index (χ0v) is 11.6. The summed E-state index contributed by atoms with van der Waals surface area (Å²) in [4.78, 5) is 0. The van der Waals surface area contributed by atoms with Gasteiger partial charge in [0.25, 0.3) is 0 Å². The van der Waals surface area contributed by atoms with Crippen molar-refractivity contribution in [2.75, 3.05) is 20.3 Å². The van der Waals surface area contributed by atoms with E-state index in [1.807, 2.05) is 0 Å². The zero-order chi connectivity index (χ0) is 13.6. The predicted octanol–water partition coefficient (Wildman–Crippen LogP) is 2.84. The Morgan fingerprint density at radius 2 is 2.00 bits per heavy atom. The van der Waals surface area contributed by atoms with Crippen molar-refractivity contribution in [3.8, 4) is 6.07 Å². The molecule has 1 aromatic carbocycles. The van der Waals surface area contributed by atoms with Crippen molar-refractivity contribution in [2.24, 2.45) is 0 Å². The van der Waals surface area contributed by atoms with Crippen LogP contribution in [0.3, 0.4) is 0 Å². The van der Waals surface area contributed by atoms with Gasteiger partial charge in [-0.05, 0) is 37.2 Å². The lowest BCUT2D eigenvalue weighted by atomic mass is 9.75. The molecule has 19 heavy (non-hydrogen) atoms. The fourth-order valence-electron chi connectivity index (χ4n) is 2.89. The Morgan fingerprint density at radius 3 is 2.58 bits per heavy atom. The number of nitriles is 1. The van der Waals surface area contributed by atoms with Crippen molar-refractivity contribution >= 4 is 0 Å². The first-order valence-electron chi connectivity index (χ1n) is 7.00. The third-order valence-corrected chi connectivity index (χ3v) is 4.09. The van der Waals surface area contributed by atoms with E-state index in [-0.39, 0.29) is 5.54 Å². The highest BCUT2D eigenvalue weighted by molar-refractivity contribution is 5.22. The fourth-order valence-corrected chi connectivity index (χ4v) is 2.89. The second-order valence-corrected chi connectivity index (χ2v) is 5.30. The first-order valence-corrected chi connectivity index (χ1v) is 7.00. The molecule has 1 saturated carbocycles. The van der Waals surface area contributed by atoms with Gasteiger partial charge in [0, 0.05) is 13.7 Å². The summed E-state index contributed by atoms with van der Waals surface area (Å²) in [5, 5.41) is 12.8. The van der Waals surface area contributed by atoms with Crippen LogP contribution in [0.4, 0.5) is 0 Å². The second-order valence-electron chi connectivity index (χ2n) is 5.30.